The Kier molecular flexibility index (Phi) is 8.65. The van der Waals surface area contributed by atoms with E-state index >= 15 is 0 Å². The van der Waals surface area contributed by atoms with Gasteiger partial charge in [-0.05, 0) is 75.0 Å². The second-order valence-corrected chi connectivity index (χ2v) is 11.7. The number of alkyl halides is 6. The summed E-state index contributed by atoms with van der Waals surface area (Å²) in [4.78, 5) is 21.6. The number of aryl methyl sites for hydroxylation is 1. The number of carbonyl (C=O) groups excluding carboxylic acids is 1. The normalized spacial score (nSPS) is 20.0. The maximum absolute atomic E-state index is 13.6. The van der Waals surface area contributed by atoms with Crippen molar-refractivity contribution in [3.05, 3.63) is 63.8 Å². The first kappa shape index (κ1) is 31.1. The molecule has 2 atom stereocenters. The molecule has 1 aliphatic heterocycles. The fourth-order valence-electron chi connectivity index (χ4n) is 6.05. The fraction of sp³-hybridized carbons (Fsp3) is 0.500. The first-order valence-electron chi connectivity index (χ1n) is 14.2. The van der Waals surface area contributed by atoms with Crippen LogP contribution in [0.25, 0.3) is 11.1 Å². The van der Waals surface area contributed by atoms with Gasteiger partial charge in [-0.2, -0.15) is 30.7 Å². The summed E-state index contributed by atoms with van der Waals surface area (Å²) in [7, 11) is 0. The molecule has 13 heteroatoms. The van der Waals surface area contributed by atoms with Gasteiger partial charge in [0, 0.05) is 40.9 Å². The van der Waals surface area contributed by atoms with Gasteiger partial charge in [-0.25, -0.2) is 9.78 Å². The van der Waals surface area contributed by atoms with Crippen molar-refractivity contribution < 1.29 is 35.9 Å². The molecule has 1 aromatic carbocycles. The van der Waals surface area contributed by atoms with Crippen molar-refractivity contribution in [3.8, 4) is 11.1 Å². The number of aromatic nitrogens is 2. The van der Waals surface area contributed by atoms with E-state index in [1.54, 1.807) is 13.1 Å². The molecular formula is C30H32F6N4O2S. The summed E-state index contributed by atoms with van der Waals surface area (Å²) < 4.78 is 91.1. The Morgan fingerprint density at radius 3 is 2.23 bits per heavy atom. The van der Waals surface area contributed by atoms with E-state index in [0.717, 1.165) is 42.5 Å². The van der Waals surface area contributed by atoms with Crippen LogP contribution in [0.1, 0.15) is 80.0 Å². The molecule has 0 bridgehead atoms. The van der Waals surface area contributed by atoms with Crippen LogP contribution in [0.4, 0.5) is 37.0 Å². The van der Waals surface area contributed by atoms with Crippen molar-refractivity contribution >= 4 is 23.4 Å². The van der Waals surface area contributed by atoms with Gasteiger partial charge in [-0.15, -0.1) is 0 Å². The van der Waals surface area contributed by atoms with Crippen molar-refractivity contribution in [2.45, 2.75) is 90.0 Å². The summed E-state index contributed by atoms with van der Waals surface area (Å²) in [6.45, 7) is 6.17. The predicted molar refractivity (Wildman–Crippen MR) is 151 cm³/mol. The Balaban J connectivity index is 1.52. The quantitative estimate of drug-likeness (QED) is 0.246. The SMILES string of the molecule is CCN(c1ncc(-c2csnc2C)cc1CN1C(=O)OC(c2cc(C(F)(F)F)cc(C(F)(F)F)c2)[C@@H]1C)C1CCCCC1. The molecule has 3 heterocycles. The number of amides is 1. The standard InChI is InChI=1S/C30H32F6N4O2S/c1-4-39(24-8-6-5-7-9-24)27-21(10-20(14-37-27)25-16-43-38-17(25)2)15-40-18(3)26(42-28(40)41)19-11-22(29(31,32)33)13-23(12-19)30(34,35)36/h10-14,16,18,24,26H,4-9,15H2,1-3H3/t18-,26?/m0/s1. The number of benzene rings is 1. The zero-order valence-corrected chi connectivity index (χ0v) is 24.7. The van der Waals surface area contributed by atoms with Crippen LogP contribution in [0.3, 0.4) is 0 Å². The number of ether oxygens (including phenoxy) is 1. The minimum Gasteiger partial charge on any atom is -0.439 e. The number of rotatable bonds is 7. The number of pyridine rings is 1. The highest BCUT2D eigenvalue weighted by Gasteiger charge is 2.43. The Morgan fingerprint density at radius 2 is 1.67 bits per heavy atom. The highest BCUT2D eigenvalue weighted by atomic mass is 32.1. The highest BCUT2D eigenvalue weighted by molar-refractivity contribution is 7.04. The van der Waals surface area contributed by atoms with E-state index in [1.807, 2.05) is 25.3 Å². The van der Waals surface area contributed by atoms with Crippen LogP contribution in [0, 0.1) is 6.92 Å². The molecule has 1 unspecified atom stereocenters. The molecule has 2 aromatic heterocycles. The minimum absolute atomic E-state index is 0.0115. The Hall–Kier alpha value is -3.35. The number of hydrogen-bond donors (Lipinski definition) is 0. The van der Waals surface area contributed by atoms with Gasteiger partial charge in [0.05, 0.1) is 29.4 Å². The molecule has 6 nitrogen and oxygen atoms in total. The van der Waals surface area contributed by atoms with Crippen molar-refractivity contribution in [3.63, 3.8) is 0 Å². The van der Waals surface area contributed by atoms with E-state index in [2.05, 4.69) is 9.27 Å². The van der Waals surface area contributed by atoms with Crippen LogP contribution in [0.15, 0.2) is 35.8 Å². The van der Waals surface area contributed by atoms with E-state index in [1.165, 1.54) is 22.9 Å². The Morgan fingerprint density at radius 1 is 1.02 bits per heavy atom. The van der Waals surface area contributed by atoms with Gasteiger partial charge in [0.2, 0.25) is 0 Å². The molecule has 1 saturated carbocycles. The molecular weight excluding hydrogens is 594 g/mol. The average molecular weight is 627 g/mol. The minimum atomic E-state index is -5.01. The maximum Gasteiger partial charge on any atom is 0.416 e. The van der Waals surface area contributed by atoms with E-state index in [0.29, 0.717) is 30.1 Å². The summed E-state index contributed by atoms with van der Waals surface area (Å²) in [5.74, 6) is 0.695. The first-order chi connectivity index (χ1) is 20.3. The van der Waals surface area contributed by atoms with E-state index in [4.69, 9.17) is 9.72 Å². The number of nitrogens with zero attached hydrogens (tertiary/aromatic N) is 4. The second kappa shape index (κ2) is 12.0. The lowest BCUT2D eigenvalue weighted by Crippen LogP contribution is -2.39. The molecule has 5 rings (SSSR count). The molecule has 3 aromatic rings. The third kappa shape index (κ3) is 6.46. The van der Waals surface area contributed by atoms with Crippen molar-refractivity contribution in [1.29, 1.82) is 0 Å². The van der Waals surface area contributed by atoms with E-state index < -0.39 is 41.7 Å². The van der Waals surface area contributed by atoms with Crippen LogP contribution in [0.5, 0.6) is 0 Å². The Bertz CT molecular complexity index is 1440. The van der Waals surface area contributed by atoms with E-state index in [9.17, 15) is 31.1 Å². The number of carbonyl (C=O) groups is 1. The van der Waals surface area contributed by atoms with Crippen LogP contribution in [0.2, 0.25) is 0 Å². The molecule has 0 N–H and O–H groups in total. The van der Waals surface area contributed by atoms with Crippen molar-refractivity contribution in [1.82, 2.24) is 14.3 Å². The molecule has 0 spiro atoms. The molecule has 2 fully saturated rings. The Labute approximate surface area is 249 Å². The summed E-state index contributed by atoms with van der Waals surface area (Å²) in [6, 6.07) is 2.65. The molecule has 1 amide bonds. The van der Waals surface area contributed by atoms with Gasteiger partial charge in [0.15, 0.2) is 0 Å². The number of halogens is 6. The lowest BCUT2D eigenvalue weighted by Gasteiger charge is -2.36. The zero-order chi connectivity index (χ0) is 31.1. The van der Waals surface area contributed by atoms with Crippen molar-refractivity contribution in [2.75, 3.05) is 11.4 Å². The maximum atomic E-state index is 13.6. The van der Waals surface area contributed by atoms with Gasteiger partial charge in [0.25, 0.3) is 0 Å². The summed E-state index contributed by atoms with van der Waals surface area (Å²) in [5.41, 5.74) is -0.0501. The molecule has 1 aliphatic carbocycles. The number of cyclic esters (lactones) is 1. The molecule has 2 aliphatic rings. The lowest BCUT2D eigenvalue weighted by atomic mass is 9.93. The topological polar surface area (TPSA) is 58.6 Å². The van der Waals surface area contributed by atoms with Gasteiger partial charge in [-0.1, -0.05) is 19.3 Å². The smallest absolute Gasteiger partial charge is 0.416 e. The first-order valence-corrected chi connectivity index (χ1v) is 15.0. The predicted octanol–water partition coefficient (Wildman–Crippen LogP) is 8.79. The van der Waals surface area contributed by atoms with E-state index in [-0.39, 0.29) is 24.2 Å². The summed E-state index contributed by atoms with van der Waals surface area (Å²) >= 11 is 1.31. The average Bonchev–Trinajstić information content (AvgIpc) is 3.51. The van der Waals surface area contributed by atoms with Crippen LogP contribution < -0.4 is 4.90 Å². The van der Waals surface area contributed by atoms with Gasteiger partial charge < -0.3 is 9.64 Å². The van der Waals surface area contributed by atoms with Gasteiger partial charge in [0.1, 0.15) is 11.9 Å². The molecule has 43 heavy (non-hydrogen) atoms. The monoisotopic (exact) mass is 626 g/mol. The van der Waals surface area contributed by atoms with Gasteiger partial charge in [-0.3, -0.25) is 4.90 Å². The zero-order valence-electron chi connectivity index (χ0n) is 23.9. The largest absolute Gasteiger partial charge is 0.439 e. The summed E-state index contributed by atoms with van der Waals surface area (Å²) in [6.07, 6.45) is -5.03. The fourth-order valence-corrected chi connectivity index (χ4v) is 6.78. The van der Waals surface area contributed by atoms with Crippen molar-refractivity contribution in [2.24, 2.45) is 0 Å². The van der Waals surface area contributed by atoms with Crippen LogP contribution in [-0.2, 0) is 23.6 Å². The van der Waals surface area contributed by atoms with Crippen LogP contribution in [-0.4, -0.2) is 39.0 Å². The molecule has 232 valence electrons. The summed E-state index contributed by atoms with van der Waals surface area (Å²) in [5, 5.41) is 1.91. The molecule has 0 radical (unpaired) electrons. The number of hydrogen-bond acceptors (Lipinski definition) is 6. The second-order valence-electron chi connectivity index (χ2n) is 11.1. The third-order valence-electron chi connectivity index (χ3n) is 8.30. The third-order valence-corrected chi connectivity index (χ3v) is 9.02. The molecule has 1 saturated heterocycles. The lowest BCUT2D eigenvalue weighted by molar-refractivity contribution is -0.143. The van der Waals surface area contributed by atoms with Gasteiger partial charge >= 0.3 is 18.4 Å². The highest BCUT2D eigenvalue weighted by Crippen LogP contribution is 2.42. The number of anilines is 1. The van der Waals surface area contributed by atoms with Crippen LogP contribution >= 0.6 is 11.5 Å².